The Morgan fingerprint density at radius 2 is 2.00 bits per heavy atom. The highest BCUT2D eigenvalue weighted by Crippen LogP contribution is 2.35. The quantitative estimate of drug-likeness (QED) is 0.510. The van der Waals surface area contributed by atoms with Gasteiger partial charge in [0.05, 0.1) is 9.82 Å². The van der Waals surface area contributed by atoms with E-state index < -0.39 is 14.9 Å². The van der Waals surface area contributed by atoms with Crippen LogP contribution in [-0.4, -0.2) is 13.3 Å². The minimum Gasteiger partial charge on any atom is -0.461 e. The predicted molar refractivity (Wildman–Crippen MR) is 106 cm³/mol. The molecule has 1 heterocycles. The molecular weight excluding hydrogens is 380 g/mol. The molecule has 0 aliphatic heterocycles. The van der Waals surface area contributed by atoms with Crippen LogP contribution in [0.25, 0.3) is 11.0 Å². The summed E-state index contributed by atoms with van der Waals surface area (Å²) >= 11 is 0. The Kier molecular flexibility index (Phi) is 4.38. The normalized spacial score (nSPS) is 16.7. The zero-order valence-corrected chi connectivity index (χ0v) is 16.4. The van der Waals surface area contributed by atoms with E-state index in [2.05, 4.69) is 11.6 Å². The number of fused-ring (bicyclic) bond motifs is 3. The number of nitro benzene ring substituents is 1. The van der Waals surface area contributed by atoms with E-state index in [1.54, 1.807) is 25.1 Å². The first-order valence-electron chi connectivity index (χ1n) is 9.07. The minimum atomic E-state index is -3.97. The monoisotopic (exact) mass is 400 g/mol. The van der Waals surface area contributed by atoms with Crippen molar-refractivity contribution in [2.45, 2.75) is 38.0 Å². The highest BCUT2D eigenvalue weighted by Gasteiger charge is 2.24. The number of non-ortho nitro benzene ring substituents is 1. The van der Waals surface area contributed by atoms with E-state index in [-0.39, 0.29) is 10.6 Å². The van der Waals surface area contributed by atoms with Gasteiger partial charge in [0.15, 0.2) is 0 Å². The van der Waals surface area contributed by atoms with Gasteiger partial charge in [-0.1, -0.05) is 13.0 Å². The van der Waals surface area contributed by atoms with Gasteiger partial charge in [-0.05, 0) is 49.4 Å². The van der Waals surface area contributed by atoms with Gasteiger partial charge < -0.3 is 4.42 Å². The van der Waals surface area contributed by atoms with Crippen LogP contribution in [0.1, 0.15) is 30.2 Å². The fourth-order valence-electron chi connectivity index (χ4n) is 3.72. The molecule has 146 valence electrons. The van der Waals surface area contributed by atoms with Crippen molar-refractivity contribution < 1.29 is 17.8 Å². The van der Waals surface area contributed by atoms with E-state index >= 15 is 0 Å². The fraction of sp³-hybridized carbons (Fsp3) is 0.300. The number of benzene rings is 2. The molecule has 3 aromatic rings. The van der Waals surface area contributed by atoms with Gasteiger partial charge in [-0.15, -0.1) is 0 Å². The lowest BCUT2D eigenvalue weighted by molar-refractivity contribution is -0.385. The van der Waals surface area contributed by atoms with E-state index in [0.717, 1.165) is 47.6 Å². The molecule has 2 aromatic carbocycles. The maximum Gasteiger partial charge on any atom is 0.270 e. The van der Waals surface area contributed by atoms with Crippen LogP contribution >= 0.6 is 0 Å². The highest BCUT2D eigenvalue weighted by molar-refractivity contribution is 7.92. The number of aryl methyl sites for hydroxylation is 2. The van der Waals surface area contributed by atoms with Gasteiger partial charge in [0.25, 0.3) is 15.7 Å². The summed E-state index contributed by atoms with van der Waals surface area (Å²) in [4.78, 5) is 10.3. The lowest BCUT2D eigenvalue weighted by Crippen LogP contribution is -2.14. The standard InChI is InChI=1S/C20H20N2O5S/c1-12-3-7-18-16(9-12)17-10-14(5-8-19(17)27-18)21-28(25,26)20-11-15(22(23)24)6-4-13(20)2/h4-6,8,10-12,21H,3,7,9H2,1-2H3/t12-/m0/s1. The molecule has 1 aliphatic rings. The minimum absolute atomic E-state index is 0.107. The van der Waals surface area contributed by atoms with Crippen LogP contribution in [0, 0.1) is 23.0 Å². The van der Waals surface area contributed by atoms with Gasteiger partial charge in [-0.3, -0.25) is 14.8 Å². The second kappa shape index (κ2) is 6.63. The van der Waals surface area contributed by atoms with Crippen molar-refractivity contribution in [1.82, 2.24) is 0 Å². The van der Waals surface area contributed by atoms with E-state index in [9.17, 15) is 18.5 Å². The van der Waals surface area contributed by atoms with E-state index in [0.29, 0.717) is 17.2 Å². The highest BCUT2D eigenvalue weighted by atomic mass is 32.2. The third kappa shape index (κ3) is 3.24. The number of anilines is 1. The van der Waals surface area contributed by atoms with Crippen LogP contribution in [-0.2, 0) is 22.9 Å². The summed E-state index contributed by atoms with van der Waals surface area (Å²) in [6.45, 7) is 3.80. The second-order valence-electron chi connectivity index (χ2n) is 7.38. The predicted octanol–water partition coefficient (Wildman–Crippen LogP) is 4.58. The second-order valence-corrected chi connectivity index (χ2v) is 9.03. The zero-order valence-electron chi connectivity index (χ0n) is 15.6. The number of hydrogen-bond acceptors (Lipinski definition) is 5. The fourth-order valence-corrected chi connectivity index (χ4v) is 5.03. The summed E-state index contributed by atoms with van der Waals surface area (Å²) in [5, 5.41) is 11.9. The largest absolute Gasteiger partial charge is 0.461 e. The van der Waals surface area contributed by atoms with Gasteiger partial charge in [-0.2, -0.15) is 0 Å². The van der Waals surface area contributed by atoms with Gasteiger partial charge in [-0.25, -0.2) is 8.42 Å². The Bertz CT molecular complexity index is 1200. The van der Waals surface area contributed by atoms with Crippen LogP contribution < -0.4 is 4.72 Å². The number of nitrogens with one attached hydrogen (secondary N) is 1. The number of sulfonamides is 1. The lowest BCUT2D eigenvalue weighted by Gasteiger charge is -2.16. The first-order valence-corrected chi connectivity index (χ1v) is 10.5. The summed E-state index contributed by atoms with van der Waals surface area (Å²) in [6, 6.07) is 8.99. The third-order valence-corrected chi connectivity index (χ3v) is 6.74. The van der Waals surface area contributed by atoms with E-state index in [1.807, 2.05) is 0 Å². The molecule has 0 radical (unpaired) electrons. The van der Waals surface area contributed by atoms with Crippen molar-refractivity contribution in [3.8, 4) is 0 Å². The lowest BCUT2D eigenvalue weighted by atomic mass is 9.88. The molecule has 0 unspecified atom stereocenters. The Morgan fingerprint density at radius 1 is 1.21 bits per heavy atom. The summed E-state index contributed by atoms with van der Waals surface area (Å²) in [5.41, 5.74) is 2.46. The average Bonchev–Trinajstić information content (AvgIpc) is 2.98. The molecule has 1 aliphatic carbocycles. The molecule has 0 bridgehead atoms. The van der Waals surface area contributed by atoms with Crippen molar-refractivity contribution in [3.05, 3.63) is 63.4 Å². The Labute approximate surface area is 162 Å². The van der Waals surface area contributed by atoms with Gasteiger partial charge in [0.2, 0.25) is 0 Å². The zero-order chi connectivity index (χ0) is 20.1. The van der Waals surface area contributed by atoms with Crippen molar-refractivity contribution in [1.29, 1.82) is 0 Å². The number of hydrogen-bond donors (Lipinski definition) is 1. The molecular formula is C20H20N2O5S. The molecule has 0 saturated heterocycles. The molecule has 0 spiro atoms. The van der Waals surface area contributed by atoms with Crippen molar-refractivity contribution in [3.63, 3.8) is 0 Å². The van der Waals surface area contributed by atoms with Gasteiger partial charge in [0.1, 0.15) is 11.3 Å². The molecule has 1 N–H and O–H groups in total. The molecule has 1 aromatic heterocycles. The maximum atomic E-state index is 12.9. The van der Waals surface area contributed by atoms with Crippen LogP contribution in [0.3, 0.4) is 0 Å². The average molecular weight is 400 g/mol. The summed E-state index contributed by atoms with van der Waals surface area (Å²) < 4.78 is 34.2. The number of furan rings is 1. The van der Waals surface area contributed by atoms with Crippen molar-refractivity contribution in [2.24, 2.45) is 5.92 Å². The smallest absolute Gasteiger partial charge is 0.270 e. The van der Waals surface area contributed by atoms with Crippen LogP contribution in [0.5, 0.6) is 0 Å². The Hall–Kier alpha value is -2.87. The molecule has 1 atom stereocenters. The van der Waals surface area contributed by atoms with E-state index in [1.165, 1.54) is 12.1 Å². The molecule has 0 saturated carbocycles. The number of nitro groups is 1. The van der Waals surface area contributed by atoms with Crippen molar-refractivity contribution in [2.75, 3.05) is 4.72 Å². The third-order valence-electron chi connectivity index (χ3n) is 5.22. The number of rotatable bonds is 4. The summed E-state index contributed by atoms with van der Waals surface area (Å²) in [5.74, 6) is 1.53. The number of nitrogens with zero attached hydrogens (tertiary/aromatic N) is 1. The van der Waals surface area contributed by atoms with E-state index in [4.69, 9.17) is 4.42 Å². The Morgan fingerprint density at radius 3 is 2.75 bits per heavy atom. The molecule has 0 amide bonds. The molecule has 0 fully saturated rings. The summed E-state index contributed by atoms with van der Waals surface area (Å²) in [6.07, 6.45) is 2.88. The Balaban J connectivity index is 1.72. The summed E-state index contributed by atoms with van der Waals surface area (Å²) in [7, 11) is -3.97. The van der Waals surface area contributed by atoms with Crippen LogP contribution in [0.15, 0.2) is 45.7 Å². The molecule has 28 heavy (non-hydrogen) atoms. The van der Waals surface area contributed by atoms with Gasteiger partial charge >= 0.3 is 0 Å². The first kappa shape index (κ1) is 18.5. The van der Waals surface area contributed by atoms with Crippen LogP contribution in [0.4, 0.5) is 11.4 Å². The van der Waals surface area contributed by atoms with Gasteiger partial charge in [0, 0.05) is 35.2 Å². The SMILES string of the molecule is Cc1ccc([N+](=O)[O-])cc1S(=O)(=O)Nc1ccc2oc3c(c2c1)C[C@@H](C)CC3. The van der Waals surface area contributed by atoms with Crippen LogP contribution in [0.2, 0.25) is 0 Å². The molecule has 4 rings (SSSR count). The molecule has 7 nitrogen and oxygen atoms in total. The molecule has 8 heteroatoms. The topological polar surface area (TPSA) is 102 Å². The maximum absolute atomic E-state index is 12.9. The van der Waals surface area contributed by atoms with Crippen molar-refractivity contribution >= 4 is 32.4 Å². The first-order chi connectivity index (χ1) is 13.2.